The van der Waals surface area contributed by atoms with Gasteiger partial charge in [0.05, 0.1) is 5.57 Å². The van der Waals surface area contributed by atoms with Gasteiger partial charge in [-0.25, -0.2) is 13.6 Å². The van der Waals surface area contributed by atoms with E-state index in [1.807, 2.05) is 0 Å². The van der Waals surface area contributed by atoms with Crippen molar-refractivity contribution in [2.45, 2.75) is 6.92 Å². The number of esters is 1. The van der Waals surface area contributed by atoms with E-state index in [1.54, 1.807) is 6.92 Å². The predicted molar refractivity (Wildman–Crippen MR) is 55.9 cm³/mol. The van der Waals surface area contributed by atoms with Crippen LogP contribution in [0.3, 0.4) is 0 Å². The third kappa shape index (κ3) is 2.76. The van der Waals surface area contributed by atoms with Gasteiger partial charge in [-0.3, -0.25) is 0 Å². The fraction of sp³-hybridized carbons (Fsp3) is 0.0833. The molecule has 1 aromatic carbocycles. The van der Waals surface area contributed by atoms with Crippen molar-refractivity contribution < 1.29 is 18.3 Å². The highest BCUT2D eigenvalue weighted by Crippen LogP contribution is 2.16. The van der Waals surface area contributed by atoms with Gasteiger partial charge in [0.2, 0.25) is 0 Å². The standard InChI is InChI=1S/C12H10F2O2/c1-3-8(4-2)12(15)16-9-5-6-10(13)11(14)7-9/h3-7H,1H2,2H3/b8-4+. The van der Waals surface area contributed by atoms with E-state index in [4.69, 9.17) is 4.74 Å². The number of hydrogen-bond donors (Lipinski definition) is 0. The third-order valence-corrected chi connectivity index (χ3v) is 1.87. The molecule has 0 aliphatic carbocycles. The van der Waals surface area contributed by atoms with E-state index < -0.39 is 17.6 Å². The van der Waals surface area contributed by atoms with Crippen LogP contribution in [0.25, 0.3) is 0 Å². The summed E-state index contributed by atoms with van der Waals surface area (Å²) in [6, 6.07) is 2.87. The van der Waals surface area contributed by atoms with Crippen molar-refractivity contribution in [2.75, 3.05) is 0 Å². The number of rotatable bonds is 3. The zero-order valence-corrected chi connectivity index (χ0v) is 8.67. The summed E-state index contributed by atoms with van der Waals surface area (Å²) in [4.78, 5) is 11.4. The molecule has 2 nitrogen and oxygen atoms in total. The van der Waals surface area contributed by atoms with Crippen molar-refractivity contribution in [3.05, 3.63) is 54.1 Å². The van der Waals surface area contributed by atoms with Gasteiger partial charge in [0.15, 0.2) is 11.6 Å². The summed E-state index contributed by atoms with van der Waals surface area (Å²) < 4.78 is 30.2. The summed E-state index contributed by atoms with van der Waals surface area (Å²) in [5.74, 6) is -2.77. The van der Waals surface area contributed by atoms with Crippen LogP contribution in [0, 0.1) is 11.6 Å². The molecule has 0 spiro atoms. The van der Waals surface area contributed by atoms with Gasteiger partial charge in [0, 0.05) is 6.07 Å². The van der Waals surface area contributed by atoms with Gasteiger partial charge in [0.1, 0.15) is 5.75 Å². The topological polar surface area (TPSA) is 26.3 Å². The number of halogens is 2. The molecule has 1 aromatic rings. The molecule has 84 valence electrons. The first kappa shape index (κ1) is 12.1. The second-order valence-electron chi connectivity index (χ2n) is 2.91. The number of benzene rings is 1. The molecule has 0 fully saturated rings. The molecule has 0 bridgehead atoms. The first-order chi connectivity index (χ1) is 7.58. The SMILES string of the molecule is C=C/C(=C\C)C(=O)Oc1ccc(F)c(F)c1. The molecule has 0 saturated heterocycles. The molecule has 0 aromatic heterocycles. The lowest BCUT2D eigenvalue weighted by molar-refractivity contribution is -0.129. The molecule has 16 heavy (non-hydrogen) atoms. The van der Waals surface area contributed by atoms with E-state index in [9.17, 15) is 13.6 Å². The van der Waals surface area contributed by atoms with Gasteiger partial charge in [-0.2, -0.15) is 0 Å². The summed E-state index contributed by atoms with van der Waals surface area (Å²) >= 11 is 0. The Morgan fingerprint density at radius 1 is 1.38 bits per heavy atom. The van der Waals surface area contributed by atoms with Gasteiger partial charge < -0.3 is 4.74 Å². The van der Waals surface area contributed by atoms with Crippen molar-refractivity contribution in [3.8, 4) is 5.75 Å². The maximum absolute atomic E-state index is 12.8. The molecule has 0 radical (unpaired) electrons. The first-order valence-electron chi connectivity index (χ1n) is 4.54. The minimum atomic E-state index is -1.06. The van der Waals surface area contributed by atoms with E-state index >= 15 is 0 Å². The quantitative estimate of drug-likeness (QED) is 0.341. The van der Waals surface area contributed by atoms with Gasteiger partial charge in [-0.15, -0.1) is 0 Å². The summed E-state index contributed by atoms with van der Waals surface area (Å²) in [6.07, 6.45) is 2.83. The fourth-order valence-electron chi connectivity index (χ4n) is 1.03. The Hall–Kier alpha value is -1.97. The number of carbonyl (C=O) groups is 1. The minimum absolute atomic E-state index is 0.0508. The second-order valence-corrected chi connectivity index (χ2v) is 2.91. The van der Waals surface area contributed by atoms with Crippen molar-refractivity contribution in [3.63, 3.8) is 0 Å². The predicted octanol–water partition coefficient (Wildman–Crippen LogP) is 3.00. The van der Waals surface area contributed by atoms with Crippen molar-refractivity contribution in [1.29, 1.82) is 0 Å². The van der Waals surface area contributed by atoms with Crippen LogP contribution in [0.5, 0.6) is 5.75 Å². The number of hydrogen-bond acceptors (Lipinski definition) is 2. The fourth-order valence-corrected chi connectivity index (χ4v) is 1.03. The largest absolute Gasteiger partial charge is 0.423 e. The third-order valence-electron chi connectivity index (χ3n) is 1.87. The van der Waals surface area contributed by atoms with E-state index in [-0.39, 0.29) is 11.3 Å². The lowest BCUT2D eigenvalue weighted by atomic mass is 10.2. The summed E-state index contributed by atoms with van der Waals surface area (Å²) in [6.45, 7) is 5.07. The van der Waals surface area contributed by atoms with Crippen molar-refractivity contribution in [2.24, 2.45) is 0 Å². The number of ether oxygens (including phenoxy) is 1. The summed E-state index contributed by atoms with van der Waals surface area (Å²) in [7, 11) is 0. The number of carbonyl (C=O) groups excluding carboxylic acids is 1. The Balaban J connectivity index is 2.85. The molecule has 0 saturated carbocycles. The lowest BCUT2D eigenvalue weighted by Crippen LogP contribution is -2.09. The van der Waals surface area contributed by atoms with Gasteiger partial charge in [0.25, 0.3) is 0 Å². The Morgan fingerprint density at radius 3 is 2.56 bits per heavy atom. The van der Waals surface area contributed by atoms with Gasteiger partial charge in [-0.05, 0) is 19.1 Å². The minimum Gasteiger partial charge on any atom is -0.423 e. The average Bonchev–Trinajstić information content (AvgIpc) is 2.25. The molecular weight excluding hydrogens is 214 g/mol. The van der Waals surface area contributed by atoms with Crippen molar-refractivity contribution in [1.82, 2.24) is 0 Å². The zero-order valence-electron chi connectivity index (χ0n) is 8.67. The van der Waals surface area contributed by atoms with E-state index in [0.29, 0.717) is 0 Å². The second kappa shape index (κ2) is 5.21. The normalized spacial score (nSPS) is 11.1. The van der Waals surface area contributed by atoms with Gasteiger partial charge in [-0.1, -0.05) is 18.7 Å². The van der Waals surface area contributed by atoms with Crippen LogP contribution in [0.15, 0.2) is 42.5 Å². The van der Waals surface area contributed by atoms with Crippen LogP contribution in [-0.4, -0.2) is 5.97 Å². The van der Waals surface area contributed by atoms with Crippen LogP contribution >= 0.6 is 0 Å². The maximum atomic E-state index is 12.8. The maximum Gasteiger partial charge on any atom is 0.343 e. The van der Waals surface area contributed by atoms with E-state index in [0.717, 1.165) is 12.1 Å². The summed E-state index contributed by atoms with van der Waals surface area (Å²) in [5.41, 5.74) is 0.254. The van der Waals surface area contributed by atoms with Crippen LogP contribution in [0.1, 0.15) is 6.92 Å². The molecule has 0 aliphatic heterocycles. The monoisotopic (exact) mass is 224 g/mol. The Bertz CT molecular complexity index is 450. The molecular formula is C12H10F2O2. The highest BCUT2D eigenvalue weighted by molar-refractivity contribution is 5.92. The highest BCUT2D eigenvalue weighted by atomic mass is 19.2. The Kier molecular flexibility index (Phi) is 3.94. The smallest absolute Gasteiger partial charge is 0.343 e. The molecule has 0 unspecified atom stereocenters. The molecule has 0 amide bonds. The van der Waals surface area contributed by atoms with Crippen LogP contribution < -0.4 is 4.74 Å². The summed E-state index contributed by atoms with van der Waals surface area (Å²) in [5, 5.41) is 0. The molecule has 0 N–H and O–H groups in total. The molecule has 0 atom stereocenters. The van der Waals surface area contributed by atoms with E-state index in [1.165, 1.54) is 18.2 Å². The molecule has 1 rings (SSSR count). The average molecular weight is 224 g/mol. The van der Waals surface area contributed by atoms with Crippen molar-refractivity contribution >= 4 is 5.97 Å². The molecule has 0 heterocycles. The van der Waals surface area contributed by atoms with Gasteiger partial charge >= 0.3 is 5.97 Å². The van der Waals surface area contributed by atoms with Crippen LogP contribution in [0.4, 0.5) is 8.78 Å². The zero-order chi connectivity index (χ0) is 12.1. The molecule has 0 aliphatic rings. The highest BCUT2D eigenvalue weighted by Gasteiger charge is 2.10. The Labute approximate surface area is 91.8 Å². The lowest BCUT2D eigenvalue weighted by Gasteiger charge is -2.04. The van der Waals surface area contributed by atoms with E-state index in [2.05, 4.69) is 6.58 Å². The molecule has 4 heteroatoms. The van der Waals surface area contributed by atoms with Crippen LogP contribution in [0.2, 0.25) is 0 Å². The number of allylic oxidation sites excluding steroid dienone is 1. The Morgan fingerprint density at radius 2 is 2.06 bits per heavy atom. The van der Waals surface area contributed by atoms with Crippen LogP contribution in [-0.2, 0) is 4.79 Å². The first-order valence-corrected chi connectivity index (χ1v) is 4.54.